The van der Waals surface area contributed by atoms with Gasteiger partial charge in [-0.25, -0.2) is 0 Å². The van der Waals surface area contributed by atoms with Crippen molar-refractivity contribution in [3.63, 3.8) is 0 Å². The Kier molecular flexibility index (Phi) is 3.45. The molecule has 1 aromatic heterocycles. The highest BCUT2D eigenvalue weighted by atomic mass is 32.1. The summed E-state index contributed by atoms with van der Waals surface area (Å²) in [4.78, 5) is 1.38. The maximum Gasteiger partial charge on any atom is 0.0345 e. The van der Waals surface area contributed by atoms with E-state index in [2.05, 4.69) is 62.5 Å². The first kappa shape index (κ1) is 11.4. The SMILES string of the molecule is CC(C)C(C)c1ccccc1-c1cccs1. The van der Waals surface area contributed by atoms with Gasteiger partial charge in [0.15, 0.2) is 0 Å². The molecule has 0 aliphatic heterocycles. The van der Waals surface area contributed by atoms with Gasteiger partial charge in [0.05, 0.1) is 0 Å². The Morgan fingerprint density at radius 3 is 2.31 bits per heavy atom. The van der Waals surface area contributed by atoms with Crippen LogP contribution in [0.2, 0.25) is 0 Å². The highest BCUT2D eigenvalue weighted by Crippen LogP contribution is 2.34. The summed E-state index contributed by atoms with van der Waals surface area (Å²) in [5.41, 5.74) is 2.87. The third kappa shape index (κ3) is 2.19. The zero-order valence-corrected chi connectivity index (χ0v) is 10.9. The van der Waals surface area contributed by atoms with E-state index >= 15 is 0 Å². The van der Waals surface area contributed by atoms with Crippen LogP contribution in [0.15, 0.2) is 41.8 Å². The molecule has 0 saturated heterocycles. The summed E-state index contributed by atoms with van der Waals surface area (Å²) in [5.74, 6) is 1.29. The number of hydrogen-bond acceptors (Lipinski definition) is 1. The molecular weight excluding hydrogens is 212 g/mol. The van der Waals surface area contributed by atoms with Gasteiger partial charge in [-0.1, -0.05) is 51.1 Å². The molecule has 0 radical (unpaired) electrons. The minimum atomic E-state index is 0.610. The lowest BCUT2D eigenvalue weighted by Gasteiger charge is -2.19. The van der Waals surface area contributed by atoms with E-state index in [0.29, 0.717) is 11.8 Å². The van der Waals surface area contributed by atoms with Crippen LogP contribution < -0.4 is 0 Å². The van der Waals surface area contributed by atoms with Gasteiger partial charge in [0.2, 0.25) is 0 Å². The molecule has 0 aliphatic carbocycles. The van der Waals surface area contributed by atoms with Crippen molar-refractivity contribution in [1.82, 2.24) is 0 Å². The van der Waals surface area contributed by atoms with E-state index < -0.39 is 0 Å². The van der Waals surface area contributed by atoms with Crippen molar-refractivity contribution < 1.29 is 0 Å². The molecule has 2 rings (SSSR count). The number of hydrogen-bond donors (Lipinski definition) is 0. The number of benzene rings is 1. The molecule has 2 aromatic rings. The fourth-order valence-corrected chi connectivity index (χ4v) is 2.68. The summed E-state index contributed by atoms with van der Waals surface area (Å²) in [6, 6.07) is 13.1. The molecule has 0 bridgehead atoms. The Balaban J connectivity index is 2.46. The van der Waals surface area contributed by atoms with E-state index in [9.17, 15) is 0 Å². The fraction of sp³-hybridized carbons (Fsp3) is 0.333. The summed E-state index contributed by atoms with van der Waals surface area (Å²) in [5, 5.41) is 2.14. The van der Waals surface area contributed by atoms with Gasteiger partial charge in [-0.05, 0) is 34.4 Å². The topological polar surface area (TPSA) is 0 Å². The smallest absolute Gasteiger partial charge is 0.0345 e. The third-order valence-corrected chi connectivity index (χ3v) is 4.14. The predicted molar refractivity (Wildman–Crippen MR) is 73.0 cm³/mol. The van der Waals surface area contributed by atoms with Gasteiger partial charge in [0, 0.05) is 4.88 Å². The summed E-state index contributed by atoms with van der Waals surface area (Å²) in [7, 11) is 0. The average molecular weight is 230 g/mol. The second-order valence-corrected chi connectivity index (χ2v) is 5.54. The first-order chi connectivity index (χ1) is 7.70. The van der Waals surface area contributed by atoms with Gasteiger partial charge in [0.25, 0.3) is 0 Å². The molecule has 0 aliphatic rings. The lowest BCUT2D eigenvalue weighted by atomic mass is 9.87. The number of thiophene rings is 1. The van der Waals surface area contributed by atoms with Gasteiger partial charge in [-0.2, -0.15) is 0 Å². The van der Waals surface area contributed by atoms with Crippen molar-refractivity contribution >= 4 is 11.3 Å². The summed E-state index contributed by atoms with van der Waals surface area (Å²) >= 11 is 1.82. The van der Waals surface area contributed by atoms with E-state index in [-0.39, 0.29) is 0 Å². The monoisotopic (exact) mass is 230 g/mol. The molecule has 0 fully saturated rings. The highest BCUT2D eigenvalue weighted by molar-refractivity contribution is 7.13. The Hall–Kier alpha value is -1.08. The molecule has 0 nitrogen and oxygen atoms in total. The Morgan fingerprint density at radius 2 is 1.69 bits per heavy atom. The zero-order valence-electron chi connectivity index (χ0n) is 10.1. The molecule has 1 heteroatoms. The second kappa shape index (κ2) is 4.84. The molecule has 0 saturated carbocycles. The molecule has 1 unspecified atom stereocenters. The Morgan fingerprint density at radius 1 is 0.938 bits per heavy atom. The van der Waals surface area contributed by atoms with Crippen molar-refractivity contribution in [3.05, 3.63) is 47.3 Å². The first-order valence-corrected chi connectivity index (χ1v) is 6.71. The van der Waals surface area contributed by atoms with Crippen molar-refractivity contribution in [3.8, 4) is 10.4 Å². The molecule has 1 aromatic carbocycles. The van der Waals surface area contributed by atoms with Crippen molar-refractivity contribution in [2.24, 2.45) is 5.92 Å². The minimum Gasteiger partial charge on any atom is -0.144 e. The maximum atomic E-state index is 2.32. The van der Waals surface area contributed by atoms with E-state index in [1.165, 1.54) is 16.0 Å². The maximum absolute atomic E-state index is 2.32. The molecular formula is C15H18S. The molecule has 1 heterocycles. The van der Waals surface area contributed by atoms with Crippen LogP contribution >= 0.6 is 11.3 Å². The summed E-state index contributed by atoms with van der Waals surface area (Å²) in [6.45, 7) is 6.89. The standard InChI is InChI=1S/C15H18S/c1-11(2)12(3)13-7-4-5-8-14(13)15-9-6-10-16-15/h4-12H,1-3H3. The van der Waals surface area contributed by atoms with Gasteiger partial charge in [-0.15, -0.1) is 11.3 Å². The van der Waals surface area contributed by atoms with E-state index in [0.717, 1.165) is 0 Å². The van der Waals surface area contributed by atoms with Crippen LogP contribution in [0, 0.1) is 5.92 Å². The minimum absolute atomic E-state index is 0.610. The van der Waals surface area contributed by atoms with E-state index in [1.54, 1.807) is 0 Å². The normalized spacial score (nSPS) is 13.0. The molecule has 16 heavy (non-hydrogen) atoms. The molecule has 0 spiro atoms. The van der Waals surface area contributed by atoms with Gasteiger partial charge in [-0.3, -0.25) is 0 Å². The highest BCUT2D eigenvalue weighted by Gasteiger charge is 2.14. The first-order valence-electron chi connectivity index (χ1n) is 5.83. The number of rotatable bonds is 3. The molecule has 0 amide bonds. The van der Waals surface area contributed by atoms with Crippen molar-refractivity contribution in [1.29, 1.82) is 0 Å². The lowest BCUT2D eigenvalue weighted by molar-refractivity contribution is 0.536. The molecule has 1 atom stereocenters. The van der Waals surface area contributed by atoms with Crippen LogP contribution in [0.1, 0.15) is 32.3 Å². The molecule has 0 N–H and O–H groups in total. The average Bonchev–Trinajstić information content (AvgIpc) is 2.81. The van der Waals surface area contributed by atoms with Crippen LogP contribution in [-0.4, -0.2) is 0 Å². The van der Waals surface area contributed by atoms with Crippen LogP contribution in [0.3, 0.4) is 0 Å². The third-order valence-electron chi connectivity index (χ3n) is 3.24. The van der Waals surface area contributed by atoms with Crippen LogP contribution in [-0.2, 0) is 0 Å². The van der Waals surface area contributed by atoms with Gasteiger partial charge < -0.3 is 0 Å². The van der Waals surface area contributed by atoms with Crippen molar-refractivity contribution in [2.45, 2.75) is 26.7 Å². The van der Waals surface area contributed by atoms with Crippen LogP contribution in [0.4, 0.5) is 0 Å². The van der Waals surface area contributed by atoms with E-state index in [1.807, 2.05) is 11.3 Å². The second-order valence-electron chi connectivity index (χ2n) is 4.60. The van der Waals surface area contributed by atoms with E-state index in [4.69, 9.17) is 0 Å². The van der Waals surface area contributed by atoms with Crippen LogP contribution in [0.5, 0.6) is 0 Å². The van der Waals surface area contributed by atoms with Crippen molar-refractivity contribution in [2.75, 3.05) is 0 Å². The molecule has 84 valence electrons. The predicted octanol–water partition coefficient (Wildman–Crippen LogP) is 5.17. The Labute approximate surface area is 102 Å². The largest absolute Gasteiger partial charge is 0.144 e. The quantitative estimate of drug-likeness (QED) is 0.682. The summed E-state index contributed by atoms with van der Waals surface area (Å²) < 4.78 is 0. The zero-order chi connectivity index (χ0) is 11.5. The van der Waals surface area contributed by atoms with Gasteiger partial charge >= 0.3 is 0 Å². The van der Waals surface area contributed by atoms with Crippen LogP contribution in [0.25, 0.3) is 10.4 Å². The Bertz CT molecular complexity index is 440. The van der Waals surface area contributed by atoms with Gasteiger partial charge in [0.1, 0.15) is 0 Å². The lowest BCUT2D eigenvalue weighted by Crippen LogP contribution is -2.03. The summed E-state index contributed by atoms with van der Waals surface area (Å²) in [6.07, 6.45) is 0. The fourth-order valence-electron chi connectivity index (χ4n) is 1.91.